The molecule has 2 amide bonds. The lowest BCUT2D eigenvalue weighted by atomic mass is 9.90. The van der Waals surface area contributed by atoms with Crippen molar-refractivity contribution in [2.75, 3.05) is 24.5 Å². The van der Waals surface area contributed by atoms with Gasteiger partial charge in [-0.2, -0.15) is 0 Å². The van der Waals surface area contributed by atoms with Gasteiger partial charge in [0.15, 0.2) is 0 Å². The Kier molecular flexibility index (Phi) is 4.24. The first-order chi connectivity index (χ1) is 11.8. The van der Waals surface area contributed by atoms with Crippen molar-refractivity contribution in [1.29, 1.82) is 0 Å². The van der Waals surface area contributed by atoms with Crippen LogP contribution in [0, 0.1) is 5.92 Å². The molecule has 0 radical (unpaired) electrons. The van der Waals surface area contributed by atoms with E-state index in [-0.39, 0.29) is 6.03 Å². The lowest BCUT2D eigenvalue weighted by Gasteiger charge is -2.34. The van der Waals surface area contributed by atoms with Crippen LogP contribution in [0.15, 0.2) is 54.6 Å². The van der Waals surface area contributed by atoms with E-state index in [0.29, 0.717) is 5.92 Å². The van der Waals surface area contributed by atoms with Crippen molar-refractivity contribution >= 4 is 11.7 Å². The van der Waals surface area contributed by atoms with Crippen molar-refractivity contribution in [3.63, 3.8) is 0 Å². The fourth-order valence-electron chi connectivity index (χ4n) is 3.98. The molecule has 3 nitrogen and oxygen atoms in total. The van der Waals surface area contributed by atoms with Crippen LogP contribution in [-0.2, 0) is 12.8 Å². The Morgan fingerprint density at radius 3 is 2.42 bits per heavy atom. The monoisotopic (exact) mass is 320 g/mol. The predicted molar refractivity (Wildman–Crippen MR) is 97.3 cm³/mol. The molecule has 0 spiro atoms. The Labute approximate surface area is 143 Å². The largest absolute Gasteiger partial charge is 0.324 e. The molecule has 0 unspecified atom stereocenters. The van der Waals surface area contributed by atoms with Crippen LogP contribution < -0.4 is 4.90 Å². The highest BCUT2D eigenvalue weighted by atomic mass is 16.2. The number of nitrogens with zero attached hydrogens (tertiary/aromatic N) is 2. The maximum absolute atomic E-state index is 12.9. The molecule has 2 aromatic carbocycles. The molecule has 2 aliphatic heterocycles. The Morgan fingerprint density at radius 1 is 0.917 bits per heavy atom. The van der Waals surface area contributed by atoms with Crippen molar-refractivity contribution < 1.29 is 4.79 Å². The number of piperidine rings is 1. The molecule has 0 aromatic heterocycles. The molecule has 24 heavy (non-hydrogen) atoms. The SMILES string of the molecule is O=C(N1CCC(Cc2ccccc2)CC1)N1CCc2ccccc21. The van der Waals surface area contributed by atoms with Crippen molar-refractivity contribution in [2.24, 2.45) is 5.92 Å². The molecule has 2 aliphatic rings. The smallest absolute Gasteiger partial charge is 0.324 e. The van der Waals surface area contributed by atoms with E-state index in [0.717, 1.165) is 51.0 Å². The van der Waals surface area contributed by atoms with Gasteiger partial charge in [0.1, 0.15) is 0 Å². The zero-order valence-electron chi connectivity index (χ0n) is 14.0. The van der Waals surface area contributed by atoms with Gasteiger partial charge in [-0.1, -0.05) is 48.5 Å². The van der Waals surface area contributed by atoms with Crippen LogP contribution in [-0.4, -0.2) is 30.6 Å². The van der Waals surface area contributed by atoms with Crippen molar-refractivity contribution in [3.05, 3.63) is 65.7 Å². The zero-order valence-corrected chi connectivity index (χ0v) is 14.0. The van der Waals surface area contributed by atoms with Crippen LogP contribution in [0.5, 0.6) is 0 Å². The molecule has 124 valence electrons. The second-order valence-electron chi connectivity index (χ2n) is 6.93. The van der Waals surface area contributed by atoms with E-state index < -0.39 is 0 Å². The van der Waals surface area contributed by atoms with E-state index in [9.17, 15) is 4.79 Å². The summed E-state index contributed by atoms with van der Waals surface area (Å²) >= 11 is 0. The lowest BCUT2D eigenvalue weighted by molar-refractivity contribution is 0.176. The van der Waals surface area contributed by atoms with Crippen molar-refractivity contribution in [1.82, 2.24) is 4.90 Å². The first-order valence-electron chi connectivity index (χ1n) is 8.99. The summed E-state index contributed by atoms with van der Waals surface area (Å²) in [5.74, 6) is 0.697. The Hall–Kier alpha value is -2.29. The van der Waals surface area contributed by atoms with Crippen LogP contribution in [0.1, 0.15) is 24.0 Å². The summed E-state index contributed by atoms with van der Waals surface area (Å²) in [7, 11) is 0. The number of para-hydroxylation sites is 1. The normalized spacial score (nSPS) is 17.8. The third-order valence-electron chi connectivity index (χ3n) is 5.37. The van der Waals surface area contributed by atoms with Gasteiger partial charge in [-0.3, -0.25) is 4.90 Å². The zero-order chi connectivity index (χ0) is 16.4. The number of hydrogen-bond acceptors (Lipinski definition) is 1. The van der Waals surface area contributed by atoms with Crippen LogP contribution in [0.25, 0.3) is 0 Å². The summed E-state index contributed by atoms with van der Waals surface area (Å²) in [6.45, 7) is 2.59. The van der Waals surface area contributed by atoms with Gasteiger partial charge in [-0.15, -0.1) is 0 Å². The molecule has 1 fully saturated rings. The molecule has 4 rings (SSSR count). The van der Waals surface area contributed by atoms with Crippen molar-refractivity contribution in [3.8, 4) is 0 Å². The topological polar surface area (TPSA) is 23.6 Å². The molecule has 0 atom stereocenters. The lowest BCUT2D eigenvalue weighted by Crippen LogP contribution is -2.46. The maximum atomic E-state index is 12.9. The minimum Gasteiger partial charge on any atom is -0.324 e. The highest BCUT2D eigenvalue weighted by Crippen LogP contribution is 2.30. The summed E-state index contributed by atoms with van der Waals surface area (Å²) in [6.07, 6.45) is 4.33. The quantitative estimate of drug-likeness (QED) is 0.816. The molecule has 0 N–H and O–H groups in total. The van der Waals surface area contributed by atoms with Gasteiger partial charge >= 0.3 is 6.03 Å². The Morgan fingerprint density at radius 2 is 1.62 bits per heavy atom. The number of fused-ring (bicyclic) bond motifs is 1. The number of carbonyl (C=O) groups excluding carboxylic acids is 1. The van der Waals surface area contributed by atoms with E-state index in [1.165, 1.54) is 11.1 Å². The number of benzene rings is 2. The number of carbonyl (C=O) groups is 1. The summed E-state index contributed by atoms with van der Waals surface area (Å²) in [6, 6.07) is 19.2. The van der Waals surface area contributed by atoms with E-state index in [2.05, 4.69) is 48.5 Å². The molecule has 1 saturated heterocycles. The second-order valence-corrected chi connectivity index (χ2v) is 6.93. The summed E-state index contributed by atoms with van der Waals surface area (Å²) in [5, 5.41) is 0. The average molecular weight is 320 g/mol. The minimum absolute atomic E-state index is 0.193. The van der Waals surface area contributed by atoms with Gasteiger partial charge in [-0.25, -0.2) is 4.79 Å². The molecular weight excluding hydrogens is 296 g/mol. The molecular formula is C21H24N2O. The van der Waals surface area contributed by atoms with E-state index in [1.54, 1.807) is 0 Å². The minimum atomic E-state index is 0.193. The first kappa shape index (κ1) is 15.3. The summed E-state index contributed by atoms with van der Waals surface area (Å²) < 4.78 is 0. The number of anilines is 1. The van der Waals surface area contributed by atoms with Gasteiger partial charge in [0.05, 0.1) is 0 Å². The van der Waals surface area contributed by atoms with Crippen molar-refractivity contribution in [2.45, 2.75) is 25.7 Å². The van der Waals surface area contributed by atoms with Crippen LogP contribution in [0.2, 0.25) is 0 Å². The van der Waals surface area contributed by atoms with Gasteiger partial charge < -0.3 is 4.90 Å². The Bertz CT molecular complexity index is 705. The average Bonchev–Trinajstić information content (AvgIpc) is 3.07. The molecule has 2 aromatic rings. The van der Waals surface area contributed by atoms with Gasteiger partial charge in [0.25, 0.3) is 0 Å². The van der Waals surface area contributed by atoms with E-state index >= 15 is 0 Å². The number of urea groups is 1. The number of hydrogen-bond donors (Lipinski definition) is 0. The number of amides is 2. The molecule has 2 heterocycles. The molecule has 0 aliphatic carbocycles. The fraction of sp³-hybridized carbons (Fsp3) is 0.381. The summed E-state index contributed by atoms with van der Waals surface area (Å²) in [4.78, 5) is 16.9. The van der Waals surface area contributed by atoms with Crippen LogP contribution >= 0.6 is 0 Å². The van der Waals surface area contributed by atoms with E-state index in [1.807, 2.05) is 15.9 Å². The standard InChI is InChI=1S/C21H24N2O/c24-21(23-15-12-19-8-4-5-9-20(19)23)22-13-10-18(11-14-22)16-17-6-2-1-3-7-17/h1-9,18H,10-16H2. The highest BCUT2D eigenvalue weighted by molar-refractivity contribution is 5.94. The fourth-order valence-corrected chi connectivity index (χ4v) is 3.98. The second kappa shape index (κ2) is 6.68. The third-order valence-corrected chi connectivity index (χ3v) is 5.37. The van der Waals surface area contributed by atoms with Crippen LogP contribution in [0.4, 0.5) is 10.5 Å². The number of rotatable bonds is 2. The van der Waals surface area contributed by atoms with Crippen LogP contribution in [0.3, 0.4) is 0 Å². The van der Waals surface area contributed by atoms with E-state index in [4.69, 9.17) is 0 Å². The van der Waals surface area contributed by atoms with Gasteiger partial charge in [0, 0.05) is 25.3 Å². The van der Waals surface area contributed by atoms with Gasteiger partial charge in [0.2, 0.25) is 0 Å². The molecule has 3 heteroatoms. The highest BCUT2D eigenvalue weighted by Gasteiger charge is 2.30. The molecule has 0 bridgehead atoms. The van der Waals surface area contributed by atoms with Gasteiger partial charge in [-0.05, 0) is 48.8 Å². The maximum Gasteiger partial charge on any atom is 0.324 e. The Balaban J connectivity index is 1.35. The first-order valence-corrected chi connectivity index (χ1v) is 8.99. The summed E-state index contributed by atoms with van der Waals surface area (Å²) in [5.41, 5.74) is 3.81. The number of likely N-dealkylation sites (tertiary alicyclic amines) is 1. The third kappa shape index (κ3) is 3.03. The molecule has 0 saturated carbocycles. The predicted octanol–water partition coefficient (Wildman–Crippen LogP) is 4.12.